The number of rotatable bonds is 11. The minimum Gasteiger partial charge on any atom is -0.158 e. The molecule has 2 aromatic carbocycles. The fraction of sp³-hybridized carbons (Fsp3) is 0.533. The minimum absolute atomic E-state index is 0.515. The zero-order valence-electron chi connectivity index (χ0n) is 20.5. The highest BCUT2D eigenvalue weighted by Gasteiger charge is 2.29. The number of nitrogens with zero attached hydrogens (tertiary/aromatic N) is 2. The second kappa shape index (κ2) is 13.4. The van der Waals surface area contributed by atoms with Crippen molar-refractivity contribution in [2.24, 2.45) is 28.0 Å². The van der Waals surface area contributed by atoms with Crippen molar-refractivity contribution in [3.8, 4) is 0 Å². The highest BCUT2D eigenvalue weighted by molar-refractivity contribution is 6.02. The first-order valence-electron chi connectivity index (χ1n) is 13.0. The van der Waals surface area contributed by atoms with Crippen LogP contribution in [-0.4, -0.2) is 11.9 Å². The van der Waals surface area contributed by atoms with Crippen LogP contribution in [0.5, 0.6) is 0 Å². The summed E-state index contributed by atoms with van der Waals surface area (Å²) in [5.41, 5.74) is 4.92. The van der Waals surface area contributed by atoms with Crippen LogP contribution in [0.3, 0.4) is 0 Å². The summed E-state index contributed by atoms with van der Waals surface area (Å²) in [6.07, 6.45) is 14.7. The van der Waals surface area contributed by atoms with Crippen LogP contribution < -0.4 is 0 Å². The van der Waals surface area contributed by atoms with Crippen molar-refractivity contribution in [1.82, 2.24) is 0 Å². The molecule has 0 saturated heterocycles. The monoisotopic (exact) mass is 430 g/mol. The molecule has 0 N–H and O–H groups in total. The second-order valence-corrected chi connectivity index (χ2v) is 9.51. The molecule has 2 aromatic rings. The first-order chi connectivity index (χ1) is 15.7. The molecule has 1 atom stereocenters. The standard InChI is InChI=1S/C30H42N2/c1-4-7-12-24-15-17-25(18-16-24)23-31-32-30(28-13-9-8-10-14-28)29-21-19-27(20-22-29)26(6-3)11-5-2/h8-10,13-18,23,26-27,29H,4-7,11-12,19-22H2,1-3H3/t26?,27-,29-. The van der Waals surface area contributed by atoms with Gasteiger partial charge in [0, 0.05) is 5.92 Å². The summed E-state index contributed by atoms with van der Waals surface area (Å²) < 4.78 is 0. The molecule has 1 saturated carbocycles. The van der Waals surface area contributed by atoms with Crippen molar-refractivity contribution in [3.05, 3.63) is 71.3 Å². The van der Waals surface area contributed by atoms with Crippen molar-refractivity contribution >= 4 is 11.9 Å². The van der Waals surface area contributed by atoms with E-state index in [4.69, 9.17) is 5.10 Å². The molecule has 0 bridgehead atoms. The molecule has 1 aliphatic rings. The Kier molecular flexibility index (Phi) is 10.2. The summed E-state index contributed by atoms with van der Waals surface area (Å²) >= 11 is 0. The van der Waals surface area contributed by atoms with E-state index in [1.165, 1.54) is 74.6 Å². The first kappa shape index (κ1) is 24.4. The summed E-state index contributed by atoms with van der Waals surface area (Å²) in [5.74, 6) is 2.31. The number of hydrogen-bond donors (Lipinski definition) is 0. The fourth-order valence-electron chi connectivity index (χ4n) is 5.30. The van der Waals surface area contributed by atoms with Gasteiger partial charge in [0.2, 0.25) is 0 Å². The normalized spacial score (nSPS) is 20.5. The third kappa shape index (κ3) is 7.15. The van der Waals surface area contributed by atoms with Crippen molar-refractivity contribution in [1.29, 1.82) is 0 Å². The third-order valence-electron chi connectivity index (χ3n) is 7.25. The van der Waals surface area contributed by atoms with Crippen LogP contribution in [-0.2, 0) is 6.42 Å². The van der Waals surface area contributed by atoms with E-state index in [2.05, 4.69) is 80.5 Å². The maximum absolute atomic E-state index is 4.80. The van der Waals surface area contributed by atoms with Gasteiger partial charge in [0.15, 0.2) is 0 Å². The Morgan fingerprint density at radius 2 is 1.62 bits per heavy atom. The molecule has 2 heteroatoms. The maximum atomic E-state index is 4.80. The molecule has 2 nitrogen and oxygen atoms in total. The highest BCUT2D eigenvalue weighted by Crippen LogP contribution is 2.38. The van der Waals surface area contributed by atoms with Gasteiger partial charge in [0.05, 0.1) is 11.9 Å². The van der Waals surface area contributed by atoms with E-state index in [0.29, 0.717) is 5.92 Å². The smallest absolute Gasteiger partial charge is 0.0733 e. The van der Waals surface area contributed by atoms with Gasteiger partial charge in [-0.2, -0.15) is 10.2 Å². The Hall–Kier alpha value is -2.22. The molecule has 0 spiro atoms. The lowest BCUT2D eigenvalue weighted by molar-refractivity contribution is 0.212. The predicted octanol–water partition coefficient (Wildman–Crippen LogP) is 8.49. The number of aryl methyl sites for hydroxylation is 1. The molecule has 1 unspecified atom stereocenters. The lowest BCUT2D eigenvalue weighted by Crippen LogP contribution is -2.26. The van der Waals surface area contributed by atoms with E-state index in [1.54, 1.807) is 0 Å². The molecular formula is C30H42N2. The fourth-order valence-corrected chi connectivity index (χ4v) is 5.30. The molecule has 0 heterocycles. The van der Waals surface area contributed by atoms with Crippen LogP contribution in [0.2, 0.25) is 0 Å². The second-order valence-electron chi connectivity index (χ2n) is 9.51. The van der Waals surface area contributed by atoms with Gasteiger partial charge in [-0.05, 0) is 67.1 Å². The van der Waals surface area contributed by atoms with Gasteiger partial charge in [0.1, 0.15) is 0 Å². The molecule has 0 amide bonds. The van der Waals surface area contributed by atoms with Crippen molar-refractivity contribution in [2.75, 3.05) is 0 Å². The third-order valence-corrected chi connectivity index (χ3v) is 7.25. The Balaban J connectivity index is 1.70. The van der Waals surface area contributed by atoms with Crippen LogP contribution in [0, 0.1) is 17.8 Å². The van der Waals surface area contributed by atoms with Gasteiger partial charge >= 0.3 is 0 Å². The topological polar surface area (TPSA) is 24.7 Å². The number of unbranched alkanes of at least 4 members (excludes halogenated alkanes) is 1. The molecule has 1 fully saturated rings. The Bertz CT molecular complexity index is 827. The van der Waals surface area contributed by atoms with E-state index in [-0.39, 0.29) is 0 Å². The van der Waals surface area contributed by atoms with Crippen LogP contribution >= 0.6 is 0 Å². The SMILES string of the molecule is CCCCc1ccc(C=NN=C(c2ccccc2)[C@H]2CC[C@H](C(CC)CCC)CC2)cc1. The summed E-state index contributed by atoms with van der Waals surface area (Å²) in [6.45, 7) is 6.93. The summed E-state index contributed by atoms with van der Waals surface area (Å²) in [7, 11) is 0. The summed E-state index contributed by atoms with van der Waals surface area (Å²) in [5, 5.41) is 9.35. The summed E-state index contributed by atoms with van der Waals surface area (Å²) in [4.78, 5) is 0. The highest BCUT2D eigenvalue weighted by atomic mass is 15.2. The zero-order chi connectivity index (χ0) is 22.6. The van der Waals surface area contributed by atoms with Crippen molar-refractivity contribution < 1.29 is 0 Å². The predicted molar refractivity (Wildman–Crippen MR) is 140 cm³/mol. The van der Waals surface area contributed by atoms with Gasteiger partial charge < -0.3 is 0 Å². The molecule has 0 radical (unpaired) electrons. The van der Waals surface area contributed by atoms with Gasteiger partial charge in [0.25, 0.3) is 0 Å². The molecule has 3 rings (SSSR count). The molecular weight excluding hydrogens is 388 g/mol. The van der Waals surface area contributed by atoms with Crippen molar-refractivity contribution in [3.63, 3.8) is 0 Å². The van der Waals surface area contributed by atoms with Gasteiger partial charge in [-0.1, -0.05) is 101 Å². The molecule has 32 heavy (non-hydrogen) atoms. The number of hydrogen-bond acceptors (Lipinski definition) is 2. The van der Waals surface area contributed by atoms with E-state index >= 15 is 0 Å². The van der Waals surface area contributed by atoms with E-state index in [1.807, 2.05) is 6.21 Å². The summed E-state index contributed by atoms with van der Waals surface area (Å²) in [6, 6.07) is 19.5. The van der Waals surface area contributed by atoms with E-state index in [9.17, 15) is 0 Å². The van der Waals surface area contributed by atoms with Gasteiger partial charge in [-0.3, -0.25) is 0 Å². The lowest BCUT2D eigenvalue weighted by atomic mass is 9.72. The largest absolute Gasteiger partial charge is 0.158 e. The van der Waals surface area contributed by atoms with E-state index in [0.717, 1.165) is 23.8 Å². The molecule has 0 aromatic heterocycles. The van der Waals surface area contributed by atoms with Crippen molar-refractivity contribution in [2.45, 2.75) is 85.0 Å². The van der Waals surface area contributed by atoms with Gasteiger partial charge in [-0.15, -0.1) is 0 Å². The molecule has 0 aliphatic heterocycles. The van der Waals surface area contributed by atoms with Crippen LogP contribution in [0.4, 0.5) is 0 Å². The zero-order valence-corrected chi connectivity index (χ0v) is 20.5. The van der Waals surface area contributed by atoms with Crippen LogP contribution in [0.1, 0.15) is 95.2 Å². The molecule has 172 valence electrons. The quantitative estimate of drug-likeness (QED) is 0.252. The maximum Gasteiger partial charge on any atom is 0.0733 e. The molecule has 1 aliphatic carbocycles. The Morgan fingerprint density at radius 3 is 2.25 bits per heavy atom. The lowest BCUT2D eigenvalue weighted by Gasteiger charge is -2.34. The Morgan fingerprint density at radius 1 is 0.906 bits per heavy atom. The minimum atomic E-state index is 0.515. The average Bonchev–Trinajstić information content (AvgIpc) is 2.85. The average molecular weight is 431 g/mol. The van der Waals surface area contributed by atoms with E-state index < -0.39 is 0 Å². The number of benzene rings is 2. The Labute approximate surface area is 196 Å². The van der Waals surface area contributed by atoms with Crippen LogP contribution in [0.15, 0.2) is 64.8 Å². The van der Waals surface area contributed by atoms with Crippen LogP contribution in [0.25, 0.3) is 0 Å². The first-order valence-corrected chi connectivity index (χ1v) is 13.0. The van der Waals surface area contributed by atoms with Gasteiger partial charge in [-0.25, -0.2) is 0 Å².